The van der Waals surface area contributed by atoms with Crippen molar-refractivity contribution in [3.05, 3.63) is 0 Å². The van der Waals surface area contributed by atoms with Gasteiger partial charge in [-0.2, -0.15) is 0 Å². The van der Waals surface area contributed by atoms with Gasteiger partial charge in [0.25, 0.3) is 0 Å². The highest BCUT2D eigenvalue weighted by atomic mass is 16.4. The second kappa shape index (κ2) is 7.60. The van der Waals surface area contributed by atoms with E-state index in [1.165, 1.54) is 4.90 Å². The lowest BCUT2D eigenvalue weighted by molar-refractivity contribution is -0.140. The summed E-state index contributed by atoms with van der Waals surface area (Å²) in [7, 11) is 0. The predicted octanol–water partition coefficient (Wildman–Crippen LogP) is 0.391. The average molecular weight is 273 g/mol. The van der Waals surface area contributed by atoms with Gasteiger partial charge in [0.15, 0.2) is 0 Å². The first-order valence-corrected chi connectivity index (χ1v) is 6.28. The minimum absolute atomic E-state index is 0.205. The van der Waals surface area contributed by atoms with E-state index in [1.54, 1.807) is 20.8 Å². The van der Waals surface area contributed by atoms with Crippen LogP contribution in [0.15, 0.2) is 0 Å². The Morgan fingerprint density at radius 2 is 1.79 bits per heavy atom. The van der Waals surface area contributed by atoms with Crippen molar-refractivity contribution in [3.63, 3.8) is 0 Å². The van der Waals surface area contributed by atoms with Crippen molar-refractivity contribution in [1.29, 1.82) is 0 Å². The average Bonchev–Trinajstić information content (AvgIpc) is 2.30. The Hall–Kier alpha value is -1.79. The number of amides is 3. The summed E-state index contributed by atoms with van der Waals surface area (Å²) < 4.78 is 0. The number of carboxylic acid groups (broad SMARTS) is 1. The van der Waals surface area contributed by atoms with E-state index in [2.05, 4.69) is 5.32 Å². The Labute approximate surface area is 113 Å². The van der Waals surface area contributed by atoms with Crippen LogP contribution >= 0.6 is 0 Å². The van der Waals surface area contributed by atoms with Crippen molar-refractivity contribution in [2.75, 3.05) is 6.54 Å². The van der Waals surface area contributed by atoms with E-state index in [4.69, 9.17) is 10.8 Å². The van der Waals surface area contributed by atoms with E-state index in [1.807, 2.05) is 6.92 Å². The Morgan fingerprint density at radius 1 is 1.26 bits per heavy atom. The first kappa shape index (κ1) is 17.2. The van der Waals surface area contributed by atoms with Crippen LogP contribution in [0.2, 0.25) is 0 Å². The first-order chi connectivity index (χ1) is 8.70. The molecular formula is C12H23N3O4. The molecule has 0 aliphatic rings. The van der Waals surface area contributed by atoms with E-state index in [9.17, 15) is 14.4 Å². The summed E-state index contributed by atoms with van der Waals surface area (Å²) in [6.07, 6.45) is 0.620. The number of carboxylic acids is 1. The van der Waals surface area contributed by atoms with Crippen molar-refractivity contribution in [2.45, 2.75) is 46.2 Å². The molecule has 0 aromatic rings. The molecule has 0 rings (SSSR count). The third kappa shape index (κ3) is 5.58. The highest BCUT2D eigenvalue weighted by molar-refractivity contribution is 5.86. The molecule has 0 spiro atoms. The Kier molecular flexibility index (Phi) is 6.89. The van der Waals surface area contributed by atoms with Crippen molar-refractivity contribution >= 4 is 17.9 Å². The lowest BCUT2D eigenvalue weighted by Crippen LogP contribution is -2.54. The molecule has 110 valence electrons. The summed E-state index contributed by atoms with van der Waals surface area (Å²) in [6, 6.07) is -1.83. The molecular weight excluding hydrogens is 250 g/mol. The van der Waals surface area contributed by atoms with Crippen LogP contribution < -0.4 is 11.1 Å². The van der Waals surface area contributed by atoms with Crippen LogP contribution in [0.1, 0.15) is 34.1 Å². The number of nitrogens with zero attached hydrogens (tertiary/aromatic N) is 1. The molecule has 0 fully saturated rings. The lowest BCUT2D eigenvalue weighted by Gasteiger charge is -2.28. The second-order valence-electron chi connectivity index (χ2n) is 4.84. The first-order valence-electron chi connectivity index (χ1n) is 6.28. The van der Waals surface area contributed by atoms with Gasteiger partial charge in [0, 0.05) is 6.04 Å². The van der Waals surface area contributed by atoms with Gasteiger partial charge in [0.2, 0.25) is 5.91 Å². The van der Waals surface area contributed by atoms with Gasteiger partial charge in [-0.3, -0.25) is 4.79 Å². The van der Waals surface area contributed by atoms with Crippen LogP contribution in [0, 0.1) is 5.92 Å². The fraction of sp³-hybridized carbons (Fsp3) is 0.750. The third-order valence-electron chi connectivity index (χ3n) is 2.97. The number of nitrogens with one attached hydrogen (secondary N) is 1. The molecule has 0 heterocycles. The van der Waals surface area contributed by atoms with E-state index >= 15 is 0 Å². The summed E-state index contributed by atoms with van der Waals surface area (Å²) in [5.41, 5.74) is 5.07. The van der Waals surface area contributed by atoms with Gasteiger partial charge < -0.3 is 21.1 Å². The number of carbonyl (C=O) groups excluding carboxylic acids is 2. The zero-order chi connectivity index (χ0) is 15.2. The molecule has 0 aromatic carbocycles. The Bertz CT molecular complexity index is 344. The van der Waals surface area contributed by atoms with Gasteiger partial charge in [-0.05, 0) is 19.8 Å². The van der Waals surface area contributed by atoms with Crippen molar-refractivity contribution < 1.29 is 19.5 Å². The number of hydrogen-bond donors (Lipinski definition) is 3. The molecule has 0 saturated heterocycles. The summed E-state index contributed by atoms with van der Waals surface area (Å²) in [5.74, 6) is -1.94. The van der Waals surface area contributed by atoms with Crippen LogP contribution in [0.4, 0.5) is 4.79 Å². The molecule has 19 heavy (non-hydrogen) atoms. The van der Waals surface area contributed by atoms with Crippen LogP contribution in [-0.2, 0) is 9.59 Å². The summed E-state index contributed by atoms with van der Waals surface area (Å²) in [4.78, 5) is 35.2. The maximum Gasteiger partial charge on any atom is 0.326 e. The second-order valence-corrected chi connectivity index (χ2v) is 4.84. The number of urea groups is 1. The number of aliphatic carboxylic acids is 1. The van der Waals surface area contributed by atoms with Gasteiger partial charge in [-0.1, -0.05) is 20.3 Å². The van der Waals surface area contributed by atoms with Gasteiger partial charge in [0.1, 0.15) is 12.6 Å². The molecule has 0 radical (unpaired) electrons. The van der Waals surface area contributed by atoms with E-state index < -0.39 is 23.9 Å². The molecule has 0 saturated carbocycles. The molecule has 0 bridgehead atoms. The molecule has 0 unspecified atom stereocenters. The molecule has 2 atom stereocenters. The standard InChI is InChI=1S/C12H23N3O4/c1-5-8(4)10(11(17)18)14-12(19)15(7(2)3)6-9(13)16/h7-8,10H,5-6H2,1-4H3,(H2,13,16)(H,14,19)(H,17,18)/t8-,10-/m0/s1. The number of primary amides is 1. The van der Waals surface area contributed by atoms with Crippen LogP contribution in [-0.4, -0.2) is 46.5 Å². The summed E-state index contributed by atoms with van der Waals surface area (Å²) >= 11 is 0. The zero-order valence-corrected chi connectivity index (χ0v) is 11.8. The van der Waals surface area contributed by atoms with Crippen LogP contribution in [0.25, 0.3) is 0 Å². The van der Waals surface area contributed by atoms with Crippen LogP contribution in [0.5, 0.6) is 0 Å². The monoisotopic (exact) mass is 273 g/mol. The smallest absolute Gasteiger partial charge is 0.326 e. The van der Waals surface area contributed by atoms with Gasteiger partial charge in [-0.15, -0.1) is 0 Å². The van der Waals surface area contributed by atoms with E-state index in [0.717, 1.165) is 0 Å². The minimum Gasteiger partial charge on any atom is -0.480 e. The minimum atomic E-state index is -1.09. The fourth-order valence-electron chi connectivity index (χ4n) is 1.56. The molecule has 7 nitrogen and oxygen atoms in total. The van der Waals surface area contributed by atoms with Gasteiger partial charge in [0.05, 0.1) is 0 Å². The molecule has 4 N–H and O–H groups in total. The third-order valence-corrected chi connectivity index (χ3v) is 2.97. The van der Waals surface area contributed by atoms with Gasteiger partial charge >= 0.3 is 12.0 Å². The summed E-state index contributed by atoms with van der Waals surface area (Å²) in [6.45, 7) is 6.79. The fourth-order valence-corrected chi connectivity index (χ4v) is 1.56. The molecule has 3 amide bonds. The number of carbonyl (C=O) groups is 3. The molecule has 7 heteroatoms. The number of hydrogen-bond acceptors (Lipinski definition) is 3. The Morgan fingerprint density at radius 3 is 2.11 bits per heavy atom. The number of nitrogens with two attached hydrogens (primary N) is 1. The summed E-state index contributed by atoms with van der Waals surface area (Å²) in [5, 5.41) is 11.5. The quantitative estimate of drug-likeness (QED) is 0.622. The lowest BCUT2D eigenvalue weighted by atomic mass is 9.99. The van der Waals surface area contributed by atoms with Crippen LogP contribution in [0.3, 0.4) is 0 Å². The maximum absolute atomic E-state index is 12.0. The highest BCUT2D eigenvalue weighted by Gasteiger charge is 2.28. The largest absolute Gasteiger partial charge is 0.480 e. The van der Waals surface area contributed by atoms with Crippen molar-refractivity contribution in [2.24, 2.45) is 11.7 Å². The van der Waals surface area contributed by atoms with Crippen molar-refractivity contribution in [1.82, 2.24) is 10.2 Å². The van der Waals surface area contributed by atoms with Gasteiger partial charge in [-0.25, -0.2) is 9.59 Å². The molecule has 0 aliphatic heterocycles. The molecule has 0 aromatic heterocycles. The maximum atomic E-state index is 12.0. The SMILES string of the molecule is CC[C@H](C)[C@H](NC(=O)N(CC(N)=O)C(C)C)C(=O)O. The normalized spacial score (nSPS) is 13.7. The van der Waals surface area contributed by atoms with E-state index in [0.29, 0.717) is 6.42 Å². The Balaban J connectivity index is 4.85. The predicted molar refractivity (Wildman–Crippen MR) is 70.4 cm³/mol. The highest BCUT2D eigenvalue weighted by Crippen LogP contribution is 2.09. The number of rotatable bonds is 7. The topological polar surface area (TPSA) is 113 Å². The van der Waals surface area contributed by atoms with Crippen molar-refractivity contribution in [3.8, 4) is 0 Å². The zero-order valence-electron chi connectivity index (χ0n) is 11.8. The van der Waals surface area contributed by atoms with E-state index in [-0.39, 0.29) is 18.5 Å². The molecule has 0 aliphatic carbocycles.